The molecule has 0 aliphatic carbocycles. The Morgan fingerprint density at radius 2 is 1.50 bits per heavy atom. The van der Waals surface area contributed by atoms with Crippen molar-refractivity contribution in [2.45, 2.75) is 63.7 Å². The van der Waals surface area contributed by atoms with E-state index >= 15 is 0 Å². The Morgan fingerprint density at radius 1 is 0.917 bits per heavy atom. The highest BCUT2D eigenvalue weighted by molar-refractivity contribution is 5.94. The highest BCUT2D eigenvalue weighted by Gasteiger charge is 2.32. The third-order valence-corrected chi connectivity index (χ3v) is 5.60. The number of phenols is 1. The minimum absolute atomic E-state index is 0.0596. The number of carbonyl (C=O) groups excluding carboxylic acids is 3. The Bertz CT molecular complexity index is 923. The molecule has 0 radical (unpaired) electrons. The highest BCUT2D eigenvalue weighted by Crippen LogP contribution is 2.12. The van der Waals surface area contributed by atoms with E-state index in [1.165, 1.54) is 12.1 Å². The molecular weight excluding hydrogens is 476 g/mol. The fourth-order valence-corrected chi connectivity index (χ4v) is 3.19. The summed E-state index contributed by atoms with van der Waals surface area (Å²) in [4.78, 5) is 60.1. The quantitative estimate of drug-likeness (QED) is 0.139. The zero-order valence-electron chi connectivity index (χ0n) is 20.1. The predicted octanol–water partition coefficient (Wildman–Crippen LogP) is -1.30. The van der Waals surface area contributed by atoms with Gasteiger partial charge in [-0.25, -0.2) is 4.79 Å². The van der Waals surface area contributed by atoms with Gasteiger partial charge in [0.2, 0.25) is 17.7 Å². The normalized spacial score (nSPS) is 15.0. The molecule has 0 spiro atoms. The van der Waals surface area contributed by atoms with Crippen molar-refractivity contribution in [2.24, 2.45) is 11.7 Å². The number of carbonyl (C=O) groups is 5. The third kappa shape index (κ3) is 9.88. The maximum atomic E-state index is 12.9. The lowest BCUT2D eigenvalue weighted by Crippen LogP contribution is -2.59. The van der Waals surface area contributed by atoms with Crippen molar-refractivity contribution in [3.8, 4) is 5.75 Å². The SMILES string of the molecule is CCC(C)C(NC(=O)C(N)Cc1ccc(O)cc1)C(=O)NC(CO)C(=O)NC(CCC(=O)O)C(=O)O. The van der Waals surface area contributed by atoms with E-state index in [-0.39, 0.29) is 18.1 Å². The Hall–Kier alpha value is -3.71. The lowest BCUT2D eigenvalue weighted by molar-refractivity contribution is -0.143. The van der Waals surface area contributed by atoms with Crippen LogP contribution in [0.2, 0.25) is 0 Å². The van der Waals surface area contributed by atoms with Crippen LogP contribution in [0.1, 0.15) is 38.7 Å². The van der Waals surface area contributed by atoms with Gasteiger partial charge in [-0.1, -0.05) is 32.4 Å². The maximum Gasteiger partial charge on any atom is 0.326 e. The molecule has 0 fully saturated rings. The summed E-state index contributed by atoms with van der Waals surface area (Å²) >= 11 is 0. The average Bonchev–Trinajstić information content (AvgIpc) is 2.83. The second-order valence-electron chi connectivity index (χ2n) is 8.42. The van der Waals surface area contributed by atoms with Crippen molar-refractivity contribution in [1.29, 1.82) is 0 Å². The van der Waals surface area contributed by atoms with Crippen LogP contribution in [0.15, 0.2) is 24.3 Å². The number of nitrogens with two attached hydrogens (primary N) is 1. The van der Waals surface area contributed by atoms with Gasteiger partial charge in [0.1, 0.15) is 23.9 Å². The molecule has 9 N–H and O–H groups in total. The number of benzene rings is 1. The van der Waals surface area contributed by atoms with Crippen molar-refractivity contribution in [2.75, 3.05) is 6.61 Å². The monoisotopic (exact) mass is 510 g/mol. The van der Waals surface area contributed by atoms with Gasteiger partial charge in [0.25, 0.3) is 0 Å². The first-order chi connectivity index (χ1) is 16.9. The van der Waals surface area contributed by atoms with Gasteiger partial charge < -0.3 is 42.1 Å². The number of nitrogens with one attached hydrogen (secondary N) is 3. The molecule has 5 atom stereocenters. The summed E-state index contributed by atoms with van der Waals surface area (Å²) in [6.07, 6.45) is -0.305. The van der Waals surface area contributed by atoms with Gasteiger partial charge in [-0.2, -0.15) is 0 Å². The van der Waals surface area contributed by atoms with Crippen molar-refractivity contribution in [3.63, 3.8) is 0 Å². The van der Waals surface area contributed by atoms with Gasteiger partial charge in [-0.3, -0.25) is 19.2 Å². The zero-order valence-corrected chi connectivity index (χ0v) is 20.1. The van der Waals surface area contributed by atoms with Gasteiger partial charge in [0.05, 0.1) is 12.6 Å². The van der Waals surface area contributed by atoms with Gasteiger partial charge in [-0.05, 0) is 36.5 Å². The van der Waals surface area contributed by atoms with Crippen molar-refractivity contribution in [3.05, 3.63) is 29.8 Å². The van der Waals surface area contributed by atoms with Gasteiger partial charge >= 0.3 is 11.9 Å². The van der Waals surface area contributed by atoms with Crippen LogP contribution >= 0.6 is 0 Å². The number of aromatic hydroxyl groups is 1. The molecule has 0 bridgehead atoms. The standard InChI is InChI=1S/C23H34N4O9/c1-3-12(2)19(27-20(32)15(24)10-13-4-6-14(29)7-5-13)22(34)26-17(11-28)21(33)25-16(23(35)36)8-9-18(30)31/h4-7,12,15-17,19,28-29H,3,8-11,24H2,1-2H3,(H,25,33)(H,26,34)(H,27,32)(H,30,31)(H,35,36). The molecule has 0 saturated carbocycles. The number of hydrogen-bond donors (Lipinski definition) is 8. The molecule has 0 aromatic heterocycles. The summed E-state index contributed by atoms with van der Waals surface area (Å²) in [7, 11) is 0. The Morgan fingerprint density at radius 3 is 2.00 bits per heavy atom. The number of aliphatic carboxylic acids is 2. The molecule has 1 aromatic carbocycles. The van der Waals surface area contributed by atoms with E-state index in [9.17, 15) is 39.3 Å². The van der Waals surface area contributed by atoms with Crippen molar-refractivity contribution in [1.82, 2.24) is 16.0 Å². The first-order valence-electron chi connectivity index (χ1n) is 11.4. The number of phenolic OH excluding ortho intramolecular Hbond substituents is 1. The second-order valence-corrected chi connectivity index (χ2v) is 8.42. The van der Waals surface area contributed by atoms with Gasteiger partial charge in [0, 0.05) is 6.42 Å². The molecule has 13 nitrogen and oxygen atoms in total. The molecule has 200 valence electrons. The largest absolute Gasteiger partial charge is 0.508 e. The lowest BCUT2D eigenvalue weighted by Gasteiger charge is -2.27. The van der Waals surface area contributed by atoms with Crippen LogP contribution in [0.3, 0.4) is 0 Å². The topological polar surface area (TPSA) is 228 Å². The molecule has 0 heterocycles. The maximum absolute atomic E-state index is 12.9. The number of hydrogen-bond acceptors (Lipinski definition) is 8. The molecule has 36 heavy (non-hydrogen) atoms. The van der Waals surface area contributed by atoms with Crippen LogP contribution in [0.5, 0.6) is 5.75 Å². The Labute approximate surface area is 208 Å². The summed E-state index contributed by atoms with van der Waals surface area (Å²) in [5.74, 6) is -5.50. The van der Waals surface area contributed by atoms with E-state index in [4.69, 9.17) is 10.8 Å². The molecule has 1 rings (SSSR count). The van der Waals surface area contributed by atoms with Crippen LogP contribution in [-0.2, 0) is 30.4 Å². The van der Waals surface area contributed by atoms with Crippen LogP contribution in [0.25, 0.3) is 0 Å². The predicted molar refractivity (Wildman–Crippen MR) is 127 cm³/mol. The first-order valence-corrected chi connectivity index (χ1v) is 11.4. The number of carboxylic acid groups (broad SMARTS) is 2. The number of aliphatic hydroxyl groups is 1. The van der Waals surface area contributed by atoms with E-state index in [1.54, 1.807) is 26.0 Å². The molecule has 0 aliphatic rings. The molecule has 0 aliphatic heterocycles. The van der Waals surface area contributed by atoms with E-state index < -0.39 is 73.3 Å². The lowest BCUT2D eigenvalue weighted by atomic mass is 9.97. The minimum Gasteiger partial charge on any atom is -0.508 e. The zero-order chi connectivity index (χ0) is 27.4. The fourth-order valence-electron chi connectivity index (χ4n) is 3.19. The fraction of sp³-hybridized carbons (Fsp3) is 0.522. The van der Waals surface area contributed by atoms with Crippen LogP contribution in [0, 0.1) is 5.92 Å². The van der Waals surface area contributed by atoms with Crippen LogP contribution < -0.4 is 21.7 Å². The summed E-state index contributed by atoms with van der Waals surface area (Å²) in [6, 6.07) is 0.895. The molecule has 3 amide bonds. The highest BCUT2D eigenvalue weighted by atomic mass is 16.4. The van der Waals surface area contributed by atoms with Gasteiger partial charge in [-0.15, -0.1) is 0 Å². The molecule has 5 unspecified atom stereocenters. The number of carboxylic acids is 2. The minimum atomic E-state index is -1.54. The van der Waals surface area contributed by atoms with Crippen LogP contribution in [-0.4, -0.2) is 80.9 Å². The smallest absolute Gasteiger partial charge is 0.326 e. The molecule has 13 heteroatoms. The number of aliphatic hydroxyl groups excluding tert-OH is 1. The molecule has 0 saturated heterocycles. The van der Waals surface area contributed by atoms with E-state index in [0.717, 1.165) is 0 Å². The van der Waals surface area contributed by atoms with E-state index in [1.807, 2.05) is 0 Å². The average molecular weight is 511 g/mol. The molecule has 1 aromatic rings. The summed E-state index contributed by atoms with van der Waals surface area (Å²) in [5.41, 5.74) is 6.67. The van der Waals surface area contributed by atoms with E-state index in [0.29, 0.717) is 12.0 Å². The summed E-state index contributed by atoms with van der Waals surface area (Å²) in [6.45, 7) is 2.60. The molecular formula is C23H34N4O9. The van der Waals surface area contributed by atoms with E-state index in [2.05, 4.69) is 16.0 Å². The summed E-state index contributed by atoms with van der Waals surface area (Å²) in [5, 5.41) is 43.9. The van der Waals surface area contributed by atoms with Crippen LogP contribution in [0.4, 0.5) is 0 Å². The number of rotatable bonds is 15. The van der Waals surface area contributed by atoms with Crippen molar-refractivity contribution < 1.29 is 44.4 Å². The van der Waals surface area contributed by atoms with Crippen molar-refractivity contribution >= 4 is 29.7 Å². The third-order valence-electron chi connectivity index (χ3n) is 5.60. The second kappa shape index (κ2) is 14.6. The Balaban J connectivity index is 2.87. The number of amides is 3. The first kappa shape index (κ1) is 30.3. The Kier molecular flexibility index (Phi) is 12.3. The van der Waals surface area contributed by atoms with Gasteiger partial charge in [0.15, 0.2) is 0 Å². The summed E-state index contributed by atoms with van der Waals surface area (Å²) < 4.78 is 0.